The Labute approximate surface area is 166 Å². The Balaban J connectivity index is 2.01. The van der Waals surface area contributed by atoms with Crippen LogP contribution in [0.2, 0.25) is 0 Å². The molecular formula is C23H27N3O2. The third-order valence-corrected chi connectivity index (χ3v) is 4.75. The van der Waals surface area contributed by atoms with Gasteiger partial charge < -0.3 is 9.64 Å². The molecule has 28 heavy (non-hydrogen) atoms. The van der Waals surface area contributed by atoms with E-state index in [1.54, 1.807) is 24.1 Å². The summed E-state index contributed by atoms with van der Waals surface area (Å²) in [4.78, 5) is 15.1. The fraction of sp³-hybridized carbons (Fsp3) is 0.304. The van der Waals surface area contributed by atoms with Crippen LogP contribution in [0.5, 0.6) is 5.75 Å². The van der Waals surface area contributed by atoms with Crippen molar-refractivity contribution in [3.63, 3.8) is 0 Å². The molecule has 0 aliphatic heterocycles. The van der Waals surface area contributed by atoms with Crippen LogP contribution in [0.15, 0.2) is 48.7 Å². The number of benzene rings is 2. The van der Waals surface area contributed by atoms with Crippen LogP contribution < -0.4 is 9.64 Å². The highest BCUT2D eigenvalue weighted by atomic mass is 16.5. The van der Waals surface area contributed by atoms with E-state index in [0.29, 0.717) is 11.4 Å². The second kappa shape index (κ2) is 7.89. The number of aryl methyl sites for hydroxylation is 3. The molecule has 0 saturated carbocycles. The number of hydrogen-bond donors (Lipinski definition) is 0. The van der Waals surface area contributed by atoms with Gasteiger partial charge in [-0.3, -0.25) is 4.79 Å². The van der Waals surface area contributed by atoms with E-state index in [1.165, 1.54) is 0 Å². The molecule has 1 amide bonds. The highest BCUT2D eigenvalue weighted by molar-refractivity contribution is 6.05. The van der Waals surface area contributed by atoms with Crippen molar-refractivity contribution in [1.29, 1.82) is 0 Å². The lowest BCUT2D eigenvalue weighted by Crippen LogP contribution is -2.38. The van der Waals surface area contributed by atoms with Gasteiger partial charge in [0, 0.05) is 17.9 Å². The van der Waals surface area contributed by atoms with Crippen molar-refractivity contribution in [2.45, 2.75) is 40.7 Å². The third kappa shape index (κ3) is 3.79. The van der Waals surface area contributed by atoms with E-state index < -0.39 is 0 Å². The van der Waals surface area contributed by atoms with Gasteiger partial charge in [0.2, 0.25) is 0 Å². The summed E-state index contributed by atoms with van der Waals surface area (Å²) in [7, 11) is 1.63. The average molecular weight is 377 g/mol. The van der Waals surface area contributed by atoms with E-state index in [1.807, 2.05) is 69.9 Å². The van der Waals surface area contributed by atoms with E-state index in [-0.39, 0.29) is 11.9 Å². The lowest BCUT2D eigenvalue weighted by molar-refractivity contribution is 0.0975. The number of methoxy groups -OCH3 is 1. The van der Waals surface area contributed by atoms with E-state index in [4.69, 9.17) is 4.74 Å². The molecule has 1 aromatic heterocycles. The van der Waals surface area contributed by atoms with Crippen molar-refractivity contribution in [2.75, 3.05) is 12.0 Å². The van der Waals surface area contributed by atoms with Gasteiger partial charge in [-0.25, -0.2) is 4.68 Å². The summed E-state index contributed by atoms with van der Waals surface area (Å²) in [5.41, 5.74) is 5.41. The zero-order valence-electron chi connectivity index (χ0n) is 17.4. The van der Waals surface area contributed by atoms with Crippen LogP contribution in [0.1, 0.15) is 41.0 Å². The number of nitrogens with zero attached hydrogens (tertiary/aromatic N) is 3. The van der Waals surface area contributed by atoms with Gasteiger partial charge >= 0.3 is 0 Å². The normalized spacial score (nSPS) is 11.0. The molecule has 0 saturated heterocycles. The lowest BCUT2D eigenvalue weighted by Gasteiger charge is -2.28. The van der Waals surface area contributed by atoms with Crippen LogP contribution in [0.25, 0.3) is 5.69 Å². The Morgan fingerprint density at radius 1 is 1.04 bits per heavy atom. The van der Waals surface area contributed by atoms with Gasteiger partial charge in [-0.05, 0) is 75.6 Å². The van der Waals surface area contributed by atoms with Crippen LogP contribution in [-0.2, 0) is 0 Å². The molecule has 3 rings (SSSR count). The Bertz CT molecular complexity index is 1000. The molecule has 0 spiro atoms. The third-order valence-electron chi connectivity index (χ3n) is 4.75. The first kappa shape index (κ1) is 19.7. The maximum Gasteiger partial charge on any atom is 0.279 e. The van der Waals surface area contributed by atoms with Gasteiger partial charge in [0.05, 0.1) is 7.11 Å². The first-order valence-corrected chi connectivity index (χ1v) is 9.43. The highest BCUT2D eigenvalue weighted by Crippen LogP contribution is 2.27. The maximum absolute atomic E-state index is 13.3. The number of carbonyl (C=O) groups is 1. The summed E-state index contributed by atoms with van der Waals surface area (Å²) < 4.78 is 7.15. The summed E-state index contributed by atoms with van der Waals surface area (Å²) >= 11 is 0. The monoisotopic (exact) mass is 377 g/mol. The molecule has 0 unspecified atom stereocenters. The number of ether oxygens (including phenoxy) is 1. The van der Waals surface area contributed by atoms with Crippen molar-refractivity contribution in [3.05, 3.63) is 71.0 Å². The van der Waals surface area contributed by atoms with Crippen LogP contribution in [0, 0.1) is 20.8 Å². The number of carbonyl (C=O) groups excluding carboxylic acids is 1. The predicted molar refractivity (Wildman–Crippen MR) is 113 cm³/mol. The summed E-state index contributed by atoms with van der Waals surface area (Å²) in [5, 5.41) is 4.56. The molecule has 5 nitrogen and oxygen atoms in total. The maximum atomic E-state index is 13.3. The minimum Gasteiger partial charge on any atom is -0.494 e. The lowest BCUT2D eigenvalue weighted by atomic mass is 10.1. The fourth-order valence-electron chi connectivity index (χ4n) is 3.28. The first-order chi connectivity index (χ1) is 13.3. The molecule has 3 aromatic rings. The van der Waals surface area contributed by atoms with Crippen LogP contribution >= 0.6 is 0 Å². The molecule has 0 radical (unpaired) electrons. The molecule has 0 bridgehead atoms. The molecular weight excluding hydrogens is 350 g/mol. The quantitative estimate of drug-likeness (QED) is 0.638. The van der Waals surface area contributed by atoms with Crippen molar-refractivity contribution in [2.24, 2.45) is 0 Å². The largest absolute Gasteiger partial charge is 0.494 e. The van der Waals surface area contributed by atoms with Gasteiger partial charge in [0.15, 0.2) is 5.69 Å². The second-order valence-electron chi connectivity index (χ2n) is 7.38. The number of aromatic nitrogens is 2. The number of rotatable bonds is 5. The average Bonchev–Trinajstić information content (AvgIpc) is 3.14. The summed E-state index contributed by atoms with van der Waals surface area (Å²) in [6.07, 6.45) is 1.80. The molecule has 1 heterocycles. The fourth-order valence-corrected chi connectivity index (χ4v) is 3.28. The Kier molecular flexibility index (Phi) is 5.54. The SMILES string of the molecule is COc1ccc(C)cc1-n1ccc(C(=O)N(c2cc(C)ccc2C)C(C)C)n1. The van der Waals surface area contributed by atoms with Crippen LogP contribution in [0.4, 0.5) is 5.69 Å². The van der Waals surface area contributed by atoms with E-state index >= 15 is 0 Å². The van der Waals surface area contributed by atoms with Crippen molar-refractivity contribution in [1.82, 2.24) is 9.78 Å². The topological polar surface area (TPSA) is 47.4 Å². The smallest absolute Gasteiger partial charge is 0.279 e. The van der Waals surface area contributed by atoms with Crippen LogP contribution in [0.3, 0.4) is 0 Å². The van der Waals surface area contributed by atoms with Gasteiger partial charge in [-0.1, -0.05) is 18.2 Å². The summed E-state index contributed by atoms with van der Waals surface area (Å²) in [6, 6.07) is 13.8. The molecule has 146 valence electrons. The Morgan fingerprint density at radius 2 is 1.71 bits per heavy atom. The van der Waals surface area contributed by atoms with Gasteiger partial charge in [-0.15, -0.1) is 0 Å². The molecule has 0 N–H and O–H groups in total. The number of hydrogen-bond acceptors (Lipinski definition) is 3. The highest BCUT2D eigenvalue weighted by Gasteiger charge is 2.24. The zero-order chi connectivity index (χ0) is 20.4. The summed E-state index contributed by atoms with van der Waals surface area (Å²) in [6.45, 7) is 10.1. The number of anilines is 1. The van der Waals surface area contributed by atoms with Gasteiger partial charge in [0.1, 0.15) is 11.4 Å². The molecule has 0 fully saturated rings. The van der Waals surface area contributed by atoms with Gasteiger partial charge in [-0.2, -0.15) is 5.10 Å². The standard InChI is InChI=1S/C23H27N3O2/c1-15(2)26(20-13-16(3)7-9-18(20)5)23(27)19-11-12-25(24-19)21-14-17(4)8-10-22(21)28-6/h7-15H,1-6H3. The molecule has 0 aliphatic carbocycles. The molecule has 2 aromatic carbocycles. The Morgan fingerprint density at radius 3 is 2.39 bits per heavy atom. The molecule has 0 atom stereocenters. The van der Waals surface area contributed by atoms with Gasteiger partial charge in [0.25, 0.3) is 5.91 Å². The van der Waals surface area contributed by atoms with E-state index in [2.05, 4.69) is 11.2 Å². The first-order valence-electron chi connectivity index (χ1n) is 9.43. The zero-order valence-corrected chi connectivity index (χ0v) is 17.4. The van der Waals surface area contributed by atoms with E-state index in [0.717, 1.165) is 28.1 Å². The Hall–Kier alpha value is -3.08. The minimum atomic E-state index is -0.117. The van der Waals surface area contributed by atoms with Crippen molar-refractivity contribution in [3.8, 4) is 11.4 Å². The van der Waals surface area contributed by atoms with Crippen molar-refractivity contribution < 1.29 is 9.53 Å². The van der Waals surface area contributed by atoms with Crippen molar-refractivity contribution >= 4 is 11.6 Å². The summed E-state index contributed by atoms with van der Waals surface area (Å²) in [5.74, 6) is 0.594. The molecule has 0 aliphatic rings. The second-order valence-corrected chi connectivity index (χ2v) is 7.38. The van der Waals surface area contributed by atoms with E-state index in [9.17, 15) is 4.79 Å². The van der Waals surface area contributed by atoms with Crippen LogP contribution in [-0.4, -0.2) is 28.8 Å². The predicted octanol–water partition coefficient (Wildman–Crippen LogP) is 4.86. The number of amides is 1. The molecule has 5 heteroatoms. The minimum absolute atomic E-state index is 0.00616.